The van der Waals surface area contributed by atoms with Crippen LogP contribution in [0.2, 0.25) is 0 Å². The summed E-state index contributed by atoms with van der Waals surface area (Å²) >= 11 is 0. The summed E-state index contributed by atoms with van der Waals surface area (Å²) in [4.78, 5) is 0. The van der Waals surface area contributed by atoms with Gasteiger partial charge in [-0.25, -0.2) is 12.7 Å². The second-order valence-electron chi connectivity index (χ2n) is 5.31. The molecule has 2 unspecified atom stereocenters. The fraction of sp³-hybridized carbons (Fsp3) is 1.00. The van der Waals surface area contributed by atoms with Crippen molar-refractivity contribution in [3.63, 3.8) is 0 Å². The minimum atomic E-state index is -3.23. The summed E-state index contributed by atoms with van der Waals surface area (Å²) in [6, 6.07) is 0. The first-order chi connectivity index (χ1) is 6.66. The minimum Gasteiger partial charge on any atom is -0.393 e. The van der Waals surface area contributed by atoms with Crippen molar-refractivity contribution in [3.05, 3.63) is 0 Å². The molecule has 4 nitrogen and oxygen atoms in total. The van der Waals surface area contributed by atoms with E-state index >= 15 is 0 Å². The fourth-order valence-electron chi connectivity index (χ4n) is 1.70. The number of sulfonamides is 1. The molecule has 0 aromatic carbocycles. The van der Waals surface area contributed by atoms with Gasteiger partial charge in [0.2, 0.25) is 10.0 Å². The van der Waals surface area contributed by atoms with Gasteiger partial charge in [-0.3, -0.25) is 0 Å². The SMILES string of the molecule is CC1CN(S(=O)(=O)C(C)(C)C)CCC1O. The van der Waals surface area contributed by atoms with Crippen LogP contribution in [0.15, 0.2) is 0 Å². The second-order valence-corrected chi connectivity index (χ2v) is 8.00. The van der Waals surface area contributed by atoms with Gasteiger partial charge in [0.1, 0.15) is 0 Å². The van der Waals surface area contributed by atoms with Gasteiger partial charge in [0.15, 0.2) is 0 Å². The molecular formula is C10H21NO3S. The molecule has 90 valence electrons. The Bertz CT molecular complexity index is 318. The van der Waals surface area contributed by atoms with Gasteiger partial charge in [0.05, 0.1) is 10.9 Å². The standard InChI is InChI=1S/C10H21NO3S/c1-8-7-11(6-5-9(8)12)15(13,14)10(2,3)4/h8-9,12H,5-7H2,1-4H3. The van der Waals surface area contributed by atoms with E-state index in [0.717, 1.165) is 0 Å². The lowest BCUT2D eigenvalue weighted by Crippen LogP contribution is -2.50. The van der Waals surface area contributed by atoms with Gasteiger partial charge < -0.3 is 5.11 Å². The van der Waals surface area contributed by atoms with Gasteiger partial charge in [0.25, 0.3) is 0 Å². The molecule has 1 fully saturated rings. The van der Waals surface area contributed by atoms with E-state index in [2.05, 4.69) is 0 Å². The maximum absolute atomic E-state index is 12.1. The Kier molecular flexibility index (Phi) is 3.48. The molecule has 0 radical (unpaired) electrons. The normalized spacial score (nSPS) is 30.5. The molecule has 1 saturated heterocycles. The molecule has 0 aromatic rings. The third kappa shape index (κ3) is 2.52. The first-order valence-corrected chi connectivity index (χ1v) is 6.78. The molecule has 1 aliphatic heterocycles. The topological polar surface area (TPSA) is 57.6 Å². The van der Waals surface area contributed by atoms with Gasteiger partial charge in [-0.1, -0.05) is 6.92 Å². The zero-order valence-corrected chi connectivity index (χ0v) is 10.7. The molecular weight excluding hydrogens is 214 g/mol. The molecule has 1 N–H and O–H groups in total. The quantitative estimate of drug-likeness (QED) is 0.732. The predicted octanol–water partition coefficient (Wildman–Crippen LogP) is 0.817. The maximum Gasteiger partial charge on any atom is 0.219 e. The van der Waals surface area contributed by atoms with Crippen molar-refractivity contribution in [3.8, 4) is 0 Å². The molecule has 1 rings (SSSR count). The van der Waals surface area contributed by atoms with E-state index in [-0.39, 0.29) is 12.0 Å². The second kappa shape index (κ2) is 4.03. The number of aliphatic hydroxyl groups is 1. The van der Waals surface area contributed by atoms with E-state index in [1.807, 2.05) is 6.92 Å². The summed E-state index contributed by atoms with van der Waals surface area (Å²) in [6.45, 7) is 7.87. The van der Waals surface area contributed by atoms with Gasteiger partial charge in [-0.2, -0.15) is 0 Å². The molecule has 15 heavy (non-hydrogen) atoms. The maximum atomic E-state index is 12.1. The van der Waals surface area contributed by atoms with Crippen molar-refractivity contribution in [1.82, 2.24) is 4.31 Å². The van der Waals surface area contributed by atoms with E-state index in [1.54, 1.807) is 20.8 Å². The largest absolute Gasteiger partial charge is 0.393 e. The summed E-state index contributed by atoms with van der Waals surface area (Å²) in [7, 11) is -3.23. The Hall–Kier alpha value is -0.130. The summed E-state index contributed by atoms with van der Waals surface area (Å²) < 4.78 is 25.0. The highest BCUT2D eigenvalue weighted by molar-refractivity contribution is 7.90. The fourth-order valence-corrected chi connectivity index (χ4v) is 3.25. The van der Waals surface area contributed by atoms with Crippen LogP contribution in [-0.4, -0.2) is 41.8 Å². The van der Waals surface area contributed by atoms with E-state index in [9.17, 15) is 13.5 Å². The number of aliphatic hydroxyl groups excluding tert-OH is 1. The third-order valence-electron chi connectivity index (χ3n) is 2.94. The number of hydrogen-bond acceptors (Lipinski definition) is 3. The Morgan fingerprint density at radius 3 is 2.27 bits per heavy atom. The number of piperidine rings is 1. The van der Waals surface area contributed by atoms with Crippen LogP contribution in [0, 0.1) is 5.92 Å². The third-order valence-corrected chi connectivity index (χ3v) is 5.50. The predicted molar refractivity (Wildman–Crippen MR) is 60.0 cm³/mol. The molecule has 0 spiro atoms. The molecule has 0 saturated carbocycles. The summed E-state index contributed by atoms with van der Waals surface area (Å²) in [5.41, 5.74) is 0. The van der Waals surface area contributed by atoms with Crippen LogP contribution in [0.3, 0.4) is 0 Å². The average molecular weight is 235 g/mol. The van der Waals surface area contributed by atoms with Crippen molar-refractivity contribution >= 4 is 10.0 Å². The number of hydrogen-bond donors (Lipinski definition) is 1. The van der Waals surface area contributed by atoms with Crippen LogP contribution in [0.4, 0.5) is 0 Å². The van der Waals surface area contributed by atoms with E-state index in [1.165, 1.54) is 4.31 Å². The van der Waals surface area contributed by atoms with Crippen LogP contribution in [0.25, 0.3) is 0 Å². The zero-order chi connectivity index (χ0) is 11.9. The molecule has 5 heteroatoms. The molecule has 0 aliphatic carbocycles. The van der Waals surface area contributed by atoms with Crippen molar-refractivity contribution in [2.24, 2.45) is 5.92 Å². The van der Waals surface area contributed by atoms with Crippen molar-refractivity contribution in [2.75, 3.05) is 13.1 Å². The molecule has 1 aliphatic rings. The van der Waals surface area contributed by atoms with Crippen LogP contribution >= 0.6 is 0 Å². The lowest BCUT2D eigenvalue weighted by molar-refractivity contribution is 0.0622. The Morgan fingerprint density at radius 1 is 1.33 bits per heavy atom. The van der Waals surface area contributed by atoms with Crippen molar-refractivity contribution in [2.45, 2.75) is 45.0 Å². The highest BCUT2D eigenvalue weighted by atomic mass is 32.2. The molecule has 0 aromatic heterocycles. The van der Waals surface area contributed by atoms with E-state index in [0.29, 0.717) is 19.5 Å². The molecule has 1 heterocycles. The summed E-state index contributed by atoms with van der Waals surface area (Å²) in [6.07, 6.45) is 0.174. The van der Waals surface area contributed by atoms with Gasteiger partial charge in [0, 0.05) is 13.1 Å². The van der Waals surface area contributed by atoms with Crippen LogP contribution < -0.4 is 0 Å². The highest BCUT2D eigenvalue weighted by Crippen LogP contribution is 2.26. The number of nitrogens with zero attached hydrogens (tertiary/aromatic N) is 1. The Balaban J connectivity index is 2.83. The molecule has 2 atom stereocenters. The Labute approximate surface area is 92.3 Å². The summed E-state index contributed by atoms with van der Waals surface area (Å²) in [5, 5.41) is 9.54. The highest BCUT2D eigenvalue weighted by Gasteiger charge is 2.38. The van der Waals surface area contributed by atoms with Crippen LogP contribution in [0.5, 0.6) is 0 Å². The summed E-state index contributed by atoms with van der Waals surface area (Å²) in [5.74, 6) is 0.0240. The Morgan fingerprint density at radius 2 is 1.87 bits per heavy atom. The minimum absolute atomic E-state index is 0.0240. The lowest BCUT2D eigenvalue weighted by atomic mass is 9.99. The van der Waals surface area contributed by atoms with Crippen LogP contribution in [0.1, 0.15) is 34.1 Å². The van der Waals surface area contributed by atoms with Gasteiger partial charge in [-0.05, 0) is 33.1 Å². The van der Waals surface area contributed by atoms with E-state index < -0.39 is 14.8 Å². The van der Waals surface area contributed by atoms with Gasteiger partial charge >= 0.3 is 0 Å². The first kappa shape index (κ1) is 12.9. The monoisotopic (exact) mass is 235 g/mol. The average Bonchev–Trinajstić information content (AvgIpc) is 2.07. The van der Waals surface area contributed by atoms with E-state index in [4.69, 9.17) is 0 Å². The zero-order valence-electron chi connectivity index (χ0n) is 9.90. The smallest absolute Gasteiger partial charge is 0.219 e. The lowest BCUT2D eigenvalue weighted by Gasteiger charge is -2.37. The van der Waals surface area contributed by atoms with Crippen molar-refractivity contribution < 1.29 is 13.5 Å². The van der Waals surface area contributed by atoms with Gasteiger partial charge in [-0.15, -0.1) is 0 Å². The first-order valence-electron chi connectivity index (χ1n) is 5.34. The number of rotatable bonds is 1. The molecule has 0 amide bonds. The molecule has 0 bridgehead atoms. The van der Waals surface area contributed by atoms with Crippen molar-refractivity contribution in [1.29, 1.82) is 0 Å². The van der Waals surface area contributed by atoms with Crippen LogP contribution in [-0.2, 0) is 10.0 Å².